The fourth-order valence-electron chi connectivity index (χ4n) is 5.01. The highest BCUT2D eigenvalue weighted by molar-refractivity contribution is 5.74. The van der Waals surface area contributed by atoms with Crippen LogP contribution in [0.15, 0.2) is 36.4 Å². The molecule has 0 amide bonds. The van der Waals surface area contributed by atoms with Gasteiger partial charge in [0, 0.05) is 30.4 Å². The van der Waals surface area contributed by atoms with Gasteiger partial charge in [-0.1, -0.05) is 38.1 Å². The first kappa shape index (κ1) is 15.6. The summed E-state index contributed by atoms with van der Waals surface area (Å²) in [6.45, 7) is 13.7. The van der Waals surface area contributed by atoms with Gasteiger partial charge in [-0.25, -0.2) is 0 Å². The second-order valence-electron chi connectivity index (χ2n) is 7.81. The second kappa shape index (κ2) is 5.27. The number of benzene rings is 2. The third kappa shape index (κ3) is 1.95. The molecule has 1 aliphatic heterocycles. The predicted molar refractivity (Wildman–Crippen MR) is 103 cm³/mol. The SMILES string of the molecule is CCN(CC)c1cc(C)c2c(c1)[C@H]1[C@@H](N2)c2ccccc2C1(C)C. The van der Waals surface area contributed by atoms with Crippen molar-refractivity contribution in [2.45, 2.75) is 52.0 Å². The maximum absolute atomic E-state index is 3.86. The van der Waals surface area contributed by atoms with Gasteiger partial charge < -0.3 is 10.2 Å². The van der Waals surface area contributed by atoms with Crippen LogP contribution in [0.5, 0.6) is 0 Å². The standard InChI is InChI=1S/C22H28N2/c1-6-24(7-2)15-12-14(3)20-17(13-15)19-21(23-20)16-10-8-9-11-18(16)22(19,4)5/h8-13,19,21,23H,6-7H2,1-5H3/t19-,21-/m0/s1. The molecule has 2 nitrogen and oxygen atoms in total. The van der Waals surface area contributed by atoms with Crippen LogP contribution in [-0.2, 0) is 5.41 Å². The van der Waals surface area contributed by atoms with E-state index in [2.05, 4.69) is 81.2 Å². The van der Waals surface area contributed by atoms with Crippen molar-refractivity contribution in [2.75, 3.05) is 23.3 Å². The Bertz CT molecular complexity index is 787. The fourth-order valence-corrected chi connectivity index (χ4v) is 5.01. The molecule has 24 heavy (non-hydrogen) atoms. The Hall–Kier alpha value is -1.96. The summed E-state index contributed by atoms with van der Waals surface area (Å²) in [4.78, 5) is 2.45. The van der Waals surface area contributed by atoms with E-state index in [1.807, 2.05) is 0 Å². The molecule has 2 atom stereocenters. The molecule has 0 saturated carbocycles. The van der Waals surface area contributed by atoms with E-state index < -0.39 is 0 Å². The lowest BCUT2D eigenvalue weighted by Crippen LogP contribution is -2.24. The molecule has 0 radical (unpaired) electrons. The third-order valence-electron chi connectivity index (χ3n) is 6.22. The monoisotopic (exact) mass is 320 g/mol. The van der Waals surface area contributed by atoms with Gasteiger partial charge in [0.1, 0.15) is 0 Å². The maximum atomic E-state index is 3.86. The van der Waals surface area contributed by atoms with E-state index in [1.165, 1.54) is 33.6 Å². The van der Waals surface area contributed by atoms with Crippen molar-refractivity contribution in [1.82, 2.24) is 0 Å². The molecule has 1 heterocycles. The van der Waals surface area contributed by atoms with Gasteiger partial charge in [0.05, 0.1) is 6.04 Å². The van der Waals surface area contributed by atoms with Gasteiger partial charge in [0.15, 0.2) is 0 Å². The molecule has 0 saturated heterocycles. The number of hydrogen-bond donors (Lipinski definition) is 1. The van der Waals surface area contributed by atoms with Gasteiger partial charge in [0.2, 0.25) is 0 Å². The lowest BCUT2D eigenvalue weighted by molar-refractivity contribution is 0.431. The summed E-state index contributed by atoms with van der Waals surface area (Å²) in [5, 5.41) is 3.86. The molecule has 1 aliphatic carbocycles. The topological polar surface area (TPSA) is 15.3 Å². The number of nitrogens with zero attached hydrogens (tertiary/aromatic N) is 1. The van der Waals surface area contributed by atoms with Crippen LogP contribution in [0, 0.1) is 6.92 Å². The summed E-state index contributed by atoms with van der Waals surface area (Å²) in [6, 6.07) is 14.2. The Morgan fingerprint density at radius 3 is 2.46 bits per heavy atom. The van der Waals surface area contributed by atoms with Crippen molar-refractivity contribution in [3.63, 3.8) is 0 Å². The molecule has 2 heteroatoms. The van der Waals surface area contributed by atoms with Gasteiger partial charge in [-0.3, -0.25) is 0 Å². The van der Waals surface area contributed by atoms with Crippen LogP contribution in [-0.4, -0.2) is 13.1 Å². The molecule has 0 unspecified atom stereocenters. The zero-order chi connectivity index (χ0) is 17.1. The van der Waals surface area contributed by atoms with Crippen LogP contribution >= 0.6 is 0 Å². The molecular formula is C22H28N2. The number of nitrogens with one attached hydrogen (secondary N) is 1. The average Bonchev–Trinajstić information content (AvgIpc) is 3.05. The summed E-state index contributed by atoms with van der Waals surface area (Å²) < 4.78 is 0. The Labute approximate surface area is 145 Å². The van der Waals surface area contributed by atoms with Crippen LogP contribution in [0.4, 0.5) is 11.4 Å². The molecule has 126 valence electrons. The Kier molecular flexibility index (Phi) is 3.42. The molecule has 0 aromatic heterocycles. The molecule has 2 aromatic carbocycles. The molecule has 0 spiro atoms. The Morgan fingerprint density at radius 1 is 1.04 bits per heavy atom. The lowest BCUT2D eigenvalue weighted by atomic mass is 9.74. The summed E-state index contributed by atoms with van der Waals surface area (Å²) in [7, 11) is 0. The van der Waals surface area contributed by atoms with Gasteiger partial charge in [0.25, 0.3) is 0 Å². The maximum Gasteiger partial charge on any atom is 0.0594 e. The van der Waals surface area contributed by atoms with Gasteiger partial charge in [-0.2, -0.15) is 0 Å². The van der Waals surface area contributed by atoms with E-state index in [-0.39, 0.29) is 5.41 Å². The first-order valence-corrected chi connectivity index (χ1v) is 9.24. The quantitative estimate of drug-likeness (QED) is 0.816. The zero-order valence-electron chi connectivity index (χ0n) is 15.5. The van der Waals surface area contributed by atoms with Crippen LogP contribution in [0.2, 0.25) is 0 Å². The number of fused-ring (bicyclic) bond motifs is 5. The Morgan fingerprint density at radius 2 is 1.75 bits per heavy atom. The molecule has 2 aliphatic rings. The minimum absolute atomic E-state index is 0.161. The van der Waals surface area contributed by atoms with E-state index in [1.54, 1.807) is 0 Å². The second-order valence-corrected chi connectivity index (χ2v) is 7.81. The van der Waals surface area contributed by atoms with Crippen LogP contribution in [0.3, 0.4) is 0 Å². The smallest absolute Gasteiger partial charge is 0.0594 e. The van der Waals surface area contributed by atoms with Crippen LogP contribution in [0.1, 0.15) is 61.9 Å². The molecule has 0 bridgehead atoms. The predicted octanol–water partition coefficient (Wildman–Crippen LogP) is 5.38. The van der Waals surface area contributed by atoms with E-state index >= 15 is 0 Å². The summed E-state index contributed by atoms with van der Waals surface area (Å²) in [6.07, 6.45) is 0. The van der Waals surface area contributed by atoms with Crippen molar-refractivity contribution in [1.29, 1.82) is 0 Å². The highest BCUT2D eigenvalue weighted by Gasteiger charge is 2.51. The van der Waals surface area contributed by atoms with Crippen LogP contribution in [0.25, 0.3) is 0 Å². The highest BCUT2D eigenvalue weighted by Crippen LogP contribution is 2.61. The average molecular weight is 320 g/mol. The van der Waals surface area contributed by atoms with Crippen molar-refractivity contribution in [3.05, 3.63) is 58.7 Å². The molecule has 1 N–H and O–H groups in total. The van der Waals surface area contributed by atoms with E-state index in [4.69, 9.17) is 0 Å². The third-order valence-corrected chi connectivity index (χ3v) is 6.22. The minimum atomic E-state index is 0.161. The summed E-state index contributed by atoms with van der Waals surface area (Å²) in [5.41, 5.74) is 8.75. The van der Waals surface area contributed by atoms with Crippen molar-refractivity contribution in [3.8, 4) is 0 Å². The fraction of sp³-hybridized carbons (Fsp3) is 0.455. The number of aryl methyl sites for hydroxylation is 1. The number of rotatable bonds is 3. The Balaban J connectivity index is 1.87. The van der Waals surface area contributed by atoms with Crippen molar-refractivity contribution >= 4 is 11.4 Å². The molecule has 4 rings (SSSR count). The van der Waals surface area contributed by atoms with Gasteiger partial charge in [-0.05, 0) is 60.6 Å². The highest BCUT2D eigenvalue weighted by atomic mass is 15.1. The van der Waals surface area contributed by atoms with Gasteiger partial charge in [-0.15, -0.1) is 0 Å². The molecule has 2 aromatic rings. The van der Waals surface area contributed by atoms with Crippen molar-refractivity contribution < 1.29 is 0 Å². The largest absolute Gasteiger partial charge is 0.377 e. The summed E-state index contributed by atoms with van der Waals surface area (Å²) >= 11 is 0. The van der Waals surface area contributed by atoms with E-state index in [0.29, 0.717) is 12.0 Å². The first-order valence-electron chi connectivity index (χ1n) is 9.24. The van der Waals surface area contributed by atoms with Gasteiger partial charge >= 0.3 is 0 Å². The van der Waals surface area contributed by atoms with E-state index in [0.717, 1.165) is 13.1 Å². The van der Waals surface area contributed by atoms with Crippen LogP contribution < -0.4 is 10.2 Å². The normalized spacial score (nSPS) is 22.5. The van der Waals surface area contributed by atoms with Crippen molar-refractivity contribution in [2.24, 2.45) is 0 Å². The molecule has 0 fully saturated rings. The lowest BCUT2D eigenvalue weighted by Gasteiger charge is -2.29. The molecular weight excluding hydrogens is 292 g/mol. The number of anilines is 2. The summed E-state index contributed by atoms with van der Waals surface area (Å²) in [5.74, 6) is 0.513. The minimum Gasteiger partial charge on any atom is -0.377 e. The first-order chi connectivity index (χ1) is 11.5. The number of hydrogen-bond acceptors (Lipinski definition) is 2. The zero-order valence-corrected chi connectivity index (χ0v) is 15.5. The van der Waals surface area contributed by atoms with E-state index in [9.17, 15) is 0 Å².